The van der Waals surface area contributed by atoms with Crippen molar-refractivity contribution in [3.05, 3.63) is 0 Å². The van der Waals surface area contributed by atoms with Crippen LogP contribution in [0.1, 0.15) is 26.2 Å². The first-order chi connectivity index (χ1) is 6.66. The van der Waals surface area contributed by atoms with Gasteiger partial charge in [0, 0.05) is 25.2 Å². The van der Waals surface area contributed by atoms with Crippen molar-refractivity contribution >= 4 is 5.91 Å². The molecule has 3 atom stereocenters. The average molecular weight is 198 g/mol. The van der Waals surface area contributed by atoms with Gasteiger partial charge in [0.1, 0.15) is 6.10 Å². The largest absolute Gasteiger partial charge is 0.384 e. The summed E-state index contributed by atoms with van der Waals surface area (Å²) in [6.45, 7) is 3.09. The van der Waals surface area contributed by atoms with Gasteiger partial charge < -0.3 is 15.3 Å². The van der Waals surface area contributed by atoms with Crippen molar-refractivity contribution in [2.45, 2.75) is 44.4 Å². The number of fused-ring (bicyclic) bond motifs is 2. The summed E-state index contributed by atoms with van der Waals surface area (Å²) < 4.78 is 0. The van der Waals surface area contributed by atoms with E-state index in [1.54, 1.807) is 11.8 Å². The number of hydrogen-bond donors (Lipinski definition) is 2. The van der Waals surface area contributed by atoms with E-state index >= 15 is 0 Å². The van der Waals surface area contributed by atoms with Crippen LogP contribution in [0.25, 0.3) is 0 Å². The van der Waals surface area contributed by atoms with E-state index in [1.165, 1.54) is 6.42 Å². The summed E-state index contributed by atoms with van der Waals surface area (Å²) in [5, 5.41) is 12.7. The number of carbonyl (C=O) groups excluding carboxylic acids is 1. The van der Waals surface area contributed by atoms with Gasteiger partial charge in [-0.15, -0.1) is 0 Å². The quantitative estimate of drug-likeness (QED) is 0.609. The van der Waals surface area contributed by atoms with Gasteiger partial charge in [-0.3, -0.25) is 4.79 Å². The van der Waals surface area contributed by atoms with Crippen LogP contribution in [0.5, 0.6) is 0 Å². The van der Waals surface area contributed by atoms with E-state index in [-0.39, 0.29) is 5.91 Å². The average Bonchev–Trinajstić information content (AvgIpc) is 2.45. The number of nitrogens with zero attached hydrogens (tertiary/aromatic N) is 1. The van der Waals surface area contributed by atoms with E-state index in [4.69, 9.17) is 0 Å². The molecule has 4 nitrogen and oxygen atoms in total. The molecule has 2 bridgehead atoms. The highest BCUT2D eigenvalue weighted by Crippen LogP contribution is 2.20. The Morgan fingerprint density at radius 2 is 2.14 bits per heavy atom. The molecular weight excluding hydrogens is 180 g/mol. The van der Waals surface area contributed by atoms with Crippen LogP contribution >= 0.6 is 0 Å². The fourth-order valence-corrected chi connectivity index (χ4v) is 2.41. The zero-order chi connectivity index (χ0) is 10.1. The predicted molar refractivity (Wildman–Crippen MR) is 52.8 cm³/mol. The van der Waals surface area contributed by atoms with Crippen molar-refractivity contribution in [2.75, 3.05) is 13.1 Å². The number of aliphatic hydroxyl groups excluding tert-OH is 1. The van der Waals surface area contributed by atoms with Crippen LogP contribution < -0.4 is 5.32 Å². The van der Waals surface area contributed by atoms with Crippen molar-refractivity contribution in [1.29, 1.82) is 0 Å². The molecule has 2 N–H and O–H groups in total. The van der Waals surface area contributed by atoms with Crippen molar-refractivity contribution < 1.29 is 9.90 Å². The molecule has 2 fully saturated rings. The van der Waals surface area contributed by atoms with Gasteiger partial charge in [-0.25, -0.2) is 0 Å². The summed E-state index contributed by atoms with van der Waals surface area (Å²) in [6, 6.07) is 1.04. The van der Waals surface area contributed by atoms with Gasteiger partial charge in [0.2, 0.25) is 0 Å². The Bertz CT molecular complexity index is 230. The van der Waals surface area contributed by atoms with Crippen LogP contribution in [0.2, 0.25) is 0 Å². The predicted octanol–water partition coefficient (Wildman–Crippen LogP) is -0.280. The van der Waals surface area contributed by atoms with Crippen LogP contribution in [0.3, 0.4) is 0 Å². The summed E-state index contributed by atoms with van der Waals surface area (Å²) in [5.41, 5.74) is 0. The minimum absolute atomic E-state index is 0.126. The van der Waals surface area contributed by atoms with Crippen LogP contribution in [0.15, 0.2) is 0 Å². The van der Waals surface area contributed by atoms with Gasteiger partial charge in [0.05, 0.1) is 0 Å². The molecule has 4 heteroatoms. The third-order valence-corrected chi connectivity index (χ3v) is 3.19. The first-order valence-corrected chi connectivity index (χ1v) is 5.39. The van der Waals surface area contributed by atoms with Crippen LogP contribution in [0, 0.1) is 0 Å². The van der Waals surface area contributed by atoms with Gasteiger partial charge in [-0.2, -0.15) is 0 Å². The Morgan fingerprint density at radius 1 is 1.43 bits per heavy atom. The molecule has 1 amide bonds. The molecule has 0 radical (unpaired) electrons. The van der Waals surface area contributed by atoms with Crippen molar-refractivity contribution in [1.82, 2.24) is 10.2 Å². The number of rotatable bonds is 1. The first kappa shape index (κ1) is 9.93. The normalized spacial score (nSPS) is 34.0. The Labute approximate surface area is 84.3 Å². The standard InChI is InChI=1S/C10H18N2O2/c1-7(13)10(14)12-5-4-8-2-3-9(6-12)11-8/h7-9,11,13H,2-6H2,1H3/t7-,8?,9?/m0/s1. The Balaban J connectivity index is 1.98. The molecule has 80 valence electrons. The number of likely N-dealkylation sites (tertiary alicyclic amines) is 1. The van der Waals surface area contributed by atoms with Crippen molar-refractivity contribution in [2.24, 2.45) is 0 Å². The van der Waals surface area contributed by atoms with Gasteiger partial charge in [0.15, 0.2) is 0 Å². The minimum atomic E-state index is -0.855. The molecule has 2 saturated heterocycles. The number of nitrogens with one attached hydrogen (secondary N) is 1. The molecule has 0 aromatic rings. The molecule has 0 saturated carbocycles. The maximum atomic E-state index is 11.6. The second-order valence-corrected chi connectivity index (χ2v) is 4.39. The number of amides is 1. The van der Waals surface area contributed by atoms with Crippen molar-refractivity contribution in [3.63, 3.8) is 0 Å². The van der Waals surface area contributed by atoms with E-state index in [1.807, 2.05) is 0 Å². The molecule has 0 aromatic carbocycles. The summed E-state index contributed by atoms with van der Waals surface area (Å²) in [5.74, 6) is -0.126. The molecular formula is C10H18N2O2. The molecule has 0 aliphatic carbocycles. The van der Waals surface area contributed by atoms with E-state index < -0.39 is 6.10 Å². The highest BCUT2D eigenvalue weighted by atomic mass is 16.3. The van der Waals surface area contributed by atoms with E-state index in [0.717, 1.165) is 25.9 Å². The third-order valence-electron chi connectivity index (χ3n) is 3.19. The molecule has 2 rings (SSSR count). The number of aliphatic hydroxyl groups is 1. The second kappa shape index (κ2) is 3.87. The maximum absolute atomic E-state index is 11.6. The molecule has 2 heterocycles. The molecule has 2 aliphatic rings. The zero-order valence-corrected chi connectivity index (χ0v) is 8.57. The molecule has 14 heavy (non-hydrogen) atoms. The summed E-state index contributed by atoms with van der Waals surface area (Å²) in [4.78, 5) is 13.4. The highest BCUT2D eigenvalue weighted by molar-refractivity contribution is 5.80. The molecule has 2 aliphatic heterocycles. The van der Waals surface area contributed by atoms with E-state index in [9.17, 15) is 9.90 Å². The minimum Gasteiger partial charge on any atom is -0.384 e. The first-order valence-electron chi connectivity index (χ1n) is 5.39. The van der Waals surface area contributed by atoms with Gasteiger partial charge in [-0.1, -0.05) is 0 Å². The SMILES string of the molecule is C[C@H](O)C(=O)N1CCC2CCC(C1)N2. The lowest BCUT2D eigenvalue weighted by atomic mass is 10.1. The van der Waals surface area contributed by atoms with Crippen LogP contribution in [-0.4, -0.2) is 47.2 Å². The van der Waals surface area contributed by atoms with Crippen molar-refractivity contribution in [3.8, 4) is 0 Å². The number of hydrogen-bond acceptors (Lipinski definition) is 3. The topological polar surface area (TPSA) is 52.6 Å². The van der Waals surface area contributed by atoms with Gasteiger partial charge in [0.25, 0.3) is 5.91 Å². The zero-order valence-electron chi connectivity index (χ0n) is 8.57. The smallest absolute Gasteiger partial charge is 0.251 e. The van der Waals surface area contributed by atoms with E-state index in [0.29, 0.717) is 12.1 Å². The summed E-state index contributed by atoms with van der Waals surface area (Å²) >= 11 is 0. The molecule has 2 unspecified atom stereocenters. The maximum Gasteiger partial charge on any atom is 0.251 e. The monoisotopic (exact) mass is 198 g/mol. The highest BCUT2D eigenvalue weighted by Gasteiger charge is 2.31. The number of carbonyl (C=O) groups is 1. The Hall–Kier alpha value is -0.610. The lowest BCUT2D eigenvalue weighted by Gasteiger charge is -2.25. The molecule has 0 aromatic heterocycles. The van der Waals surface area contributed by atoms with Gasteiger partial charge >= 0.3 is 0 Å². The third kappa shape index (κ3) is 1.91. The lowest BCUT2D eigenvalue weighted by Crippen LogP contribution is -2.43. The summed E-state index contributed by atoms with van der Waals surface area (Å²) in [7, 11) is 0. The van der Waals surface area contributed by atoms with Gasteiger partial charge in [-0.05, 0) is 26.2 Å². The van der Waals surface area contributed by atoms with Crippen LogP contribution in [0.4, 0.5) is 0 Å². The van der Waals surface area contributed by atoms with E-state index in [2.05, 4.69) is 5.32 Å². The fraction of sp³-hybridized carbons (Fsp3) is 0.900. The Kier molecular flexibility index (Phi) is 2.74. The Morgan fingerprint density at radius 3 is 2.86 bits per heavy atom. The van der Waals surface area contributed by atoms with Crippen LogP contribution in [-0.2, 0) is 4.79 Å². The lowest BCUT2D eigenvalue weighted by molar-refractivity contribution is -0.139. The molecule has 0 spiro atoms. The fourth-order valence-electron chi connectivity index (χ4n) is 2.41. The summed E-state index contributed by atoms with van der Waals surface area (Å²) in [6.07, 6.45) is 2.57. The second-order valence-electron chi connectivity index (χ2n) is 4.39.